The molecule has 0 fully saturated rings. The lowest BCUT2D eigenvalue weighted by Gasteiger charge is -2.11. The number of hydrogen-bond acceptors (Lipinski definition) is 3. The van der Waals surface area contributed by atoms with Crippen LogP contribution in [0, 0.1) is 13.8 Å². The van der Waals surface area contributed by atoms with Gasteiger partial charge in [0.05, 0.1) is 6.20 Å². The average Bonchev–Trinajstić information content (AvgIpc) is 2.40. The Morgan fingerprint density at radius 1 is 1.32 bits per heavy atom. The summed E-state index contributed by atoms with van der Waals surface area (Å²) in [5, 5.41) is 9.05. The van der Waals surface area contributed by atoms with E-state index < -0.39 is 5.97 Å². The number of nitrogens with zero attached hydrogens (tertiary/aromatic N) is 1. The largest absolute Gasteiger partial charge is 0.486 e. The lowest BCUT2D eigenvalue weighted by atomic mass is 10.1. The van der Waals surface area contributed by atoms with Crippen molar-refractivity contribution < 1.29 is 14.6 Å². The molecule has 0 aliphatic rings. The van der Waals surface area contributed by atoms with E-state index in [9.17, 15) is 4.79 Å². The first kappa shape index (κ1) is 13.1. The fraction of sp³-hybridized carbons (Fsp3) is 0.200. The fourth-order valence-corrected chi connectivity index (χ4v) is 1.78. The highest BCUT2D eigenvalue weighted by Gasteiger charge is 2.11. The van der Waals surface area contributed by atoms with Crippen LogP contribution in [0.25, 0.3) is 0 Å². The molecule has 19 heavy (non-hydrogen) atoms. The third kappa shape index (κ3) is 3.10. The summed E-state index contributed by atoms with van der Waals surface area (Å²) in [4.78, 5) is 14.9. The molecular formula is C15H15NO3. The zero-order chi connectivity index (χ0) is 13.8. The number of aromatic carboxylic acids is 1. The Balaban J connectivity index is 2.19. The quantitative estimate of drug-likeness (QED) is 0.914. The van der Waals surface area contributed by atoms with Gasteiger partial charge in [0, 0.05) is 6.20 Å². The number of ether oxygens (including phenoxy) is 1. The van der Waals surface area contributed by atoms with Crippen molar-refractivity contribution in [2.24, 2.45) is 0 Å². The highest BCUT2D eigenvalue weighted by Crippen LogP contribution is 2.19. The number of rotatable bonds is 4. The summed E-state index contributed by atoms with van der Waals surface area (Å²) in [6, 6.07) is 7.52. The van der Waals surface area contributed by atoms with Gasteiger partial charge in [0.25, 0.3) is 0 Å². The SMILES string of the molecule is Cc1ccc(C)c(COc2cnccc2C(=O)O)c1. The van der Waals surface area contributed by atoms with E-state index in [1.165, 1.54) is 18.5 Å². The molecule has 0 radical (unpaired) electrons. The zero-order valence-electron chi connectivity index (χ0n) is 10.9. The second-order valence-corrected chi connectivity index (χ2v) is 4.40. The van der Waals surface area contributed by atoms with Crippen LogP contribution in [-0.4, -0.2) is 16.1 Å². The molecule has 0 aliphatic heterocycles. The molecule has 0 saturated carbocycles. The van der Waals surface area contributed by atoms with Crippen LogP contribution in [0.15, 0.2) is 36.7 Å². The minimum absolute atomic E-state index is 0.125. The third-order valence-electron chi connectivity index (χ3n) is 2.90. The molecule has 2 rings (SSSR count). The van der Waals surface area contributed by atoms with Gasteiger partial charge in [-0.1, -0.05) is 23.8 Å². The van der Waals surface area contributed by atoms with Gasteiger partial charge in [0.2, 0.25) is 0 Å². The summed E-state index contributed by atoms with van der Waals surface area (Å²) in [5.41, 5.74) is 3.43. The predicted molar refractivity (Wildman–Crippen MR) is 71.4 cm³/mol. The molecule has 2 aromatic rings. The maximum atomic E-state index is 11.0. The van der Waals surface area contributed by atoms with Crippen LogP contribution >= 0.6 is 0 Å². The predicted octanol–water partition coefficient (Wildman–Crippen LogP) is 2.98. The van der Waals surface area contributed by atoms with Crippen molar-refractivity contribution in [2.45, 2.75) is 20.5 Å². The number of carbonyl (C=O) groups is 1. The van der Waals surface area contributed by atoms with Crippen LogP contribution in [0.2, 0.25) is 0 Å². The van der Waals surface area contributed by atoms with Crippen molar-refractivity contribution in [3.8, 4) is 5.75 Å². The molecule has 0 bridgehead atoms. The summed E-state index contributed by atoms with van der Waals surface area (Å²) in [7, 11) is 0. The van der Waals surface area contributed by atoms with Gasteiger partial charge < -0.3 is 9.84 Å². The molecule has 0 unspecified atom stereocenters. The molecule has 1 heterocycles. The standard InChI is InChI=1S/C15H15NO3/c1-10-3-4-11(2)12(7-10)9-19-14-8-16-6-5-13(14)15(17)18/h3-8H,9H2,1-2H3,(H,17,18). The average molecular weight is 257 g/mol. The van der Waals surface area contributed by atoms with Gasteiger partial charge in [0.15, 0.2) is 5.75 Å². The Labute approximate surface area is 111 Å². The summed E-state index contributed by atoms with van der Waals surface area (Å²) in [6.07, 6.45) is 2.86. The number of pyridine rings is 1. The molecule has 0 aliphatic carbocycles. The smallest absolute Gasteiger partial charge is 0.339 e. The van der Waals surface area contributed by atoms with Gasteiger partial charge in [-0.15, -0.1) is 0 Å². The van der Waals surface area contributed by atoms with Gasteiger partial charge in [-0.05, 0) is 31.0 Å². The Bertz CT molecular complexity index is 608. The Morgan fingerprint density at radius 2 is 2.11 bits per heavy atom. The molecular weight excluding hydrogens is 242 g/mol. The number of hydrogen-bond donors (Lipinski definition) is 1. The van der Waals surface area contributed by atoms with Crippen molar-refractivity contribution in [2.75, 3.05) is 0 Å². The summed E-state index contributed by atoms with van der Waals surface area (Å²) in [6.45, 7) is 4.34. The van der Waals surface area contributed by atoms with Crippen molar-refractivity contribution in [1.29, 1.82) is 0 Å². The van der Waals surface area contributed by atoms with E-state index >= 15 is 0 Å². The molecule has 0 saturated heterocycles. The number of aromatic nitrogens is 1. The number of benzene rings is 1. The van der Waals surface area contributed by atoms with Crippen LogP contribution < -0.4 is 4.74 Å². The highest BCUT2D eigenvalue weighted by atomic mass is 16.5. The Kier molecular flexibility index (Phi) is 3.80. The van der Waals surface area contributed by atoms with Gasteiger partial charge >= 0.3 is 5.97 Å². The van der Waals surface area contributed by atoms with Crippen LogP contribution in [0.5, 0.6) is 5.75 Å². The second kappa shape index (κ2) is 5.52. The van der Waals surface area contributed by atoms with Gasteiger partial charge in [-0.25, -0.2) is 4.79 Å². The molecule has 1 aromatic heterocycles. The summed E-state index contributed by atoms with van der Waals surface area (Å²) >= 11 is 0. The Morgan fingerprint density at radius 3 is 2.84 bits per heavy atom. The van der Waals surface area contributed by atoms with E-state index in [0.717, 1.165) is 16.7 Å². The van der Waals surface area contributed by atoms with Crippen molar-refractivity contribution in [3.63, 3.8) is 0 Å². The van der Waals surface area contributed by atoms with Crippen molar-refractivity contribution in [1.82, 2.24) is 4.98 Å². The fourth-order valence-electron chi connectivity index (χ4n) is 1.78. The number of aryl methyl sites for hydroxylation is 2. The topological polar surface area (TPSA) is 59.4 Å². The highest BCUT2D eigenvalue weighted by molar-refractivity contribution is 5.90. The van der Waals surface area contributed by atoms with E-state index in [4.69, 9.17) is 9.84 Å². The maximum Gasteiger partial charge on any atom is 0.339 e. The van der Waals surface area contributed by atoms with E-state index in [1.54, 1.807) is 0 Å². The lowest BCUT2D eigenvalue weighted by molar-refractivity contribution is 0.0691. The molecule has 1 aromatic carbocycles. The van der Waals surface area contributed by atoms with Crippen LogP contribution in [0.3, 0.4) is 0 Å². The molecule has 98 valence electrons. The molecule has 0 spiro atoms. The lowest BCUT2D eigenvalue weighted by Crippen LogP contribution is -2.04. The van der Waals surface area contributed by atoms with E-state index in [2.05, 4.69) is 4.98 Å². The molecule has 4 nitrogen and oxygen atoms in total. The first-order valence-corrected chi connectivity index (χ1v) is 5.94. The van der Waals surface area contributed by atoms with Crippen molar-refractivity contribution in [3.05, 3.63) is 58.9 Å². The second-order valence-electron chi connectivity index (χ2n) is 4.40. The first-order chi connectivity index (χ1) is 9.08. The maximum absolute atomic E-state index is 11.0. The van der Waals surface area contributed by atoms with Gasteiger partial charge in [-0.3, -0.25) is 4.98 Å². The van der Waals surface area contributed by atoms with E-state index in [1.807, 2.05) is 32.0 Å². The number of carboxylic acids is 1. The summed E-state index contributed by atoms with van der Waals surface area (Å²) < 4.78 is 5.58. The minimum atomic E-state index is -1.02. The van der Waals surface area contributed by atoms with E-state index in [0.29, 0.717) is 6.61 Å². The monoisotopic (exact) mass is 257 g/mol. The molecule has 0 atom stereocenters. The van der Waals surface area contributed by atoms with Crippen LogP contribution in [0.1, 0.15) is 27.0 Å². The number of carboxylic acid groups (broad SMARTS) is 1. The summed E-state index contributed by atoms with van der Waals surface area (Å²) in [5.74, 6) is -0.728. The van der Waals surface area contributed by atoms with Gasteiger partial charge in [0.1, 0.15) is 12.2 Å². The minimum Gasteiger partial charge on any atom is -0.486 e. The molecule has 0 amide bonds. The first-order valence-electron chi connectivity index (χ1n) is 5.94. The van der Waals surface area contributed by atoms with Gasteiger partial charge in [-0.2, -0.15) is 0 Å². The van der Waals surface area contributed by atoms with Crippen LogP contribution in [0.4, 0.5) is 0 Å². The molecule has 1 N–H and O–H groups in total. The van der Waals surface area contributed by atoms with E-state index in [-0.39, 0.29) is 11.3 Å². The zero-order valence-corrected chi connectivity index (χ0v) is 10.9. The Hall–Kier alpha value is -2.36. The molecule has 4 heteroatoms. The normalized spacial score (nSPS) is 10.2. The third-order valence-corrected chi connectivity index (χ3v) is 2.90. The van der Waals surface area contributed by atoms with Crippen molar-refractivity contribution >= 4 is 5.97 Å². The van der Waals surface area contributed by atoms with Crippen LogP contribution in [-0.2, 0) is 6.61 Å².